The summed E-state index contributed by atoms with van der Waals surface area (Å²) in [7, 11) is 1.72. The highest BCUT2D eigenvalue weighted by molar-refractivity contribution is 7.99. The second kappa shape index (κ2) is 7.05. The quantitative estimate of drug-likeness (QED) is 0.628. The van der Waals surface area contributed by atoms with Crippen LogP contribution in [0.15, 0.2) is 21.4 Å². The molecular weight excluding hydrogens is 330 g/mol. The fourth-order valence-electron chi connectivity index (χ4n) is 3.06. The van der Waals surface area contributed by atoms with Crippen LogP contribution < -0.4 is 5.56 Å². The fraction of sp³-hybridized carbons (Fsp3) is 0.562. The van der Waals surface area contributed by atoms with Crippen molar-refractivity contribution in [1.29, 1.82) is 0 Å². The van der Waals surface area contributed by atoms with E-state index in [1.807, 2.05) is 16.3 Å². The lowest BCUT2D eigenvalue weighted by Gasteiger charge is -2.35. The minimum Gasteiger partial charge on any atom is -0.339 e. The Labute approximate surface area is 143 Å². The third-order valence-corrected chi connectivity index (χ3v) is 6.30. The molecule has 7 heteroatoms. The normalized spacial score (nSPS) is 18.5. The zero-order valence-electron chi connectivity index (χ0n) is 13.4. The number of nitrogens with zero attached hydrogens (tertiary/aromatic N) is 3. The molecule has 2 aromatic heterocycles. The molecule has 1 aliphatic rings. The highest BCUT2D eigenvalue weighted by atomic mass is 32.2. The molecule has 1 aliphatic heterocycles. The van der Waals surface area contributed by atoms with E-state index in [-0.39, 0.29) is 11.5 Å². The maximum absolute atomic E-state index is 12.5. The van der Waals surface area contributed by atoms with Crippen molar-refractivity contribution < 1.29 is 4.79 Å². The van der Waals surface area contributed by atoms with E-state index < -0.39 is 0 Å². The average Bonchev–Trinajstić information content (AvgIpc) is 3.05. The Morgan fingerprint density at radius 3 is 3.09 bits per heavy atom. The van der Waals surface area contributed by atoms with Gasteiger partial charge in [0.2, 0.25) is 5.91 Å². The van der Waals surface area contributed by atoms with Crippen molar-refractivity contribution in [1.82, 2.24) is 14.5 Å². The maximum Gasteiger partial charge on any atom is 0.271 e. The average molecular weight is 351 g/mol. The van der Waals surface area contributed by atoms with Gasteiger partial charge in [-0.3, -0.25) is 14.2 Å². The minimum absolute atomic E-state index is 0.0376. The molecule has 0 radical (unpaired) electrons. The van der Waals surface area contributed by atoms with E-state index in [1.54, 1.807) is 11.6 Å². The number of thiophene rings is 1. The summed E-state index contributed by atoms with van der Waals surface area (Å²) < 4.78 is 2.22. The molecule has 1 fully saturated rings. The molecule has 1 saturated heterocycles. The van der Waals surface area contributed by atoms with Gasteiger partial charge in [0.1, 0.15) is 4.70 Å². The van der Waals surface area contributed by atoms with E-state index in [2.05, 4.69) is 11.9 Å². The number of hydrogen-bond acceptors (Lipinski definition) is 5. The summed E-state index contributed by atoms with van der Waals surface area (Å²) in [5, 5.41) is 2.48. The number of rotatable bonds is 4. The summed E-state index contributed by atoms with van der Waals surface area (Å²) in [5.41, 5.74) is 0.682. The van der Waals surface area contributed by atoms with Gasteiger partial charge in [0, 0.05) is 19.6 Å². The highest BCUT2D eigenvalue weighted by Crippen LogP contribution is 2.23. The third-order valence-electron chi connectivity index (χ3n) is 4.39. The van der Waals surface area contributed by atoms with Crippen molar-refractivity contribution in [3.05, 3.63) is 21.8 Å². The maximum atomic E-state index is 12.5. The lowest BCUT2D eigenvalue weighted by molar-refractivity contribution is -0.132. The monoisotopic (exact) mass is 351 g/mol. The van der Waals surface area contributed by atoms with Crippen LogP contribution in [0, 0.1) is 0 Å². The molecule has 23 heavy (non-hydrogen) atoms. The van der Waals surface area contributed by atoms with Gasteiger partial charge in [0.15, 0.2) is 5.16 Å². The van der Waals surface area contributed by atoms with Crippen LogP contribution in [0.4, 0.5) is 0 Å². The van der Waals surface area contributed by atoms with Crippen LogP contribution >= 0.6 is 23.1 Å². The van der Waals surface area contributed by atoms with Gasteiger partial charge < -0.3 is 4.90 Å². The number of likely N-dealkylation sites (tertiary alicyclic amines) is 1. The molecule has 0 aromatic carbocycles. The number of piperidine rings is 1. The molecule has 0 aliphatic carbocycles. The largest absolute Gasteiger partial charge is 0.339 e. The summed E-state index contributed by atoms with van der Waals surface area (Å²) in [6.07, 6.45) is 4.41. The SMILES string of the molecule is CC[C@@H]1CCCCN1C(=O)CSc1nc2ccsc2c(=O)n1C. The first kappa shape index (κ1) is 16.5. The second-order valence-electron chi connectivity index (χ2n) is 5.83. The van der Waals surface area contributed by atoms with E-state index in [0.29, 0.717) is 21.7 Å². The number of aromatic nitrogens is 2. The van der Waals surface area contributed by atoms with E-state index in [9.17, 15) is 9.59 Å². The summed E-state index contributed by atoms with van der Waals surface area (Å²) in [4.78, 5) is 31.4. The summed E-state index contributed by atoms with van der Waals surface area (Å²) in [6, 6.07) is 2.22. The van der Waals surface area contributed by atoms with Crippen molar-refractivity contribution >= 4 is 39.2 Å². The Morgan fingerprint density at radius 1 is 1.48 bits per heavy atom. The van der Waals surface area contributed by atoms with Crippen molar-refractivity contribution in [3.8, 4) is 0 Å². The van der Waals surface area contributed by atoms with Crippen LogP contribution in [0.2, 0.25) is 0 Å². The molecule has 0 bridgehead atoms. The number of hydrogen-bond donors (Lipinski definition) is 0. The number of carbonyl (C=O) groups is 1. The van der Waals surface area contributed by atoms with Crippen molar-refractivity contribution in [2.45, 2.75) is 43.8 Å². The zero-order valence-corrected chi connectivity index (χ0v) is 15.1. The lowest BCUT2D eigenvalue weighted by atomic mass is 10.0. The Kier molecular flexibility index (Phi) is 5.06. The highest BCUT2D eigenvalue weighted by Gasteiger charge is 2.25. The number of fused-ring (bicyclic) bond motifs is 1. The van der Waals surface area contributed by atoms with Gasteiger partial charge in [-0.1, -0.05) is 18.7 Å². The predicted octanol–water partition coefficient (Wildman–Crippen LogP) is 2.88. The molecule has 0 saturated carbocycles. The second-order valence-corrected chi connectivity index (χ2v) is 7.69. The van der Waals surface area contributed by atoms with Crippen molar-refractivity contribution in [2.24, 2.45) is 7.05 Å². The third kappa shape index (κ3) is 3.30. The lowest BCUT2D eigenvalue weighted by Crippen LogP contribution is -2.44. The molecular formula is C16H21N3O2S2. The first-order chi connectivity index (χ1) is 11.1. The molecule has 5 nitrogen and oxygen atoms in total. The van der Waals surface area contributed by atoms with E-state index in [0.717, 1.165) is 31.3 Å². The molecule has 0 unspecified atom stereocenters. The van der Waals surface area contributed by atoms with Gasteiger partial charge >= 0.3 is 0 Å². The molecule has 1 amide bonds. The smallest absolute Gasteiger partial charge is 0.271 e. The Hall–Kier alpha value is -1.34. The van der Waals surface area contributed by atoms with E-state index in [4.69, 9.17) is 0 Å². The van der Waals surface area contributed by atoms with Crippen molar-refractivity contribution in [3.63, 3.8) is 0 Å². The van der Waals surface area contributed by atoms with E-state index >= 15 is 0 Å². The van der Waals surface area contributed by atoms with Crippen LogP contribution in [0.3, 0.4) is 0 Å². The van der Waals surface area contributed by atoms with E-state index in [1.165, 1.54) is 29.5 Å². The molecule has 1 atom stereocenters. The van der Waals surface area contributed by atoms with Crippen LogP contribution in [0.1, 0.15) is 32.6 Å². The van der Waals surface area contributed by atoms with Gasteiger partial charge in [-0.25, -0.2) is 4.98 Å². The van der Waals surface area contributed by atoms with Crippen LogP contribution in [-0.4, -0.2) is 38.7 Å². The number of amides is 1. The Balaban J connectivity index is 1.74. The van der Waals surface area contributed by atoms with Gasteiger partial charge in [0.25, 0.3) is 5.56 Å². The van der Waals surface area contributed by atoms with Crippen LogP contribution in [0.25, 0.3) is 10.2 Å². The topological polar surface area (TPSA) is 55.2 Å². The summed E-state index contributed by atoms with van der Waals surface area (Å²) in [6.45, 7) is 2.99. The molecule has 0 N–H and O–H groups in total. The Bertz CT molecular complexity index is 768. The number of thioether (sulfide) groups is 1. The predicted molar refractivity (Wildman–Crippen MR) is 95.2 cm³/mol. The van der Waals surface area contributed by atoms with Crippen molar-refractivity contribution in [2.75, 3.05) is 12.3 Å². The first-order valence-electron chi connectivity index (χ1n) is 7.98. The van der Waals surface area contributed by atoms with Gasteiger partial charge in [-0.05, 0) is 37.1 Å². The molecule has 0 spiro atoms. The standard InChI is InChI=1S/C16H21N3O2S2/c1-3-11-6-4-5-8-19(11)13(20)10-23-16-17-12-7-9-22-14(12)15(21)18(16)2/h7,9,11H,3-6,8,10H2,1-2H3/t11-/m1/s1. The van der Waals surface area contributed by atoms with Crippen LogP contribution in [0.5, 0.6) is 0 Å². The number of carbonyl (C=O) groups excluding carboxylic acids is 1. The molecule has 3 heterocycles. The van der Waals surface area contributed by atoms with Gasteiger partial charge in [-0.2, -0.15) is 0 Å². The molecule has 2 aromatic rings. The molecule has 3 rings (SSSR count). The first-order valence-corrected chi connectivity index (χ1v) is 9.84. The summed E-state index contributed by atoms with van der Waals surface area (Å²) in [5.74, 6) is 0.494. The Morgan fingerprint density at radius 2 is 2.30 bits per heavy atom. The fourth-order valence-corrected chi connectivity index (χ4v) is 4.72. The minimum atomic E-state index is -0.0376. The van der Waals surface area contributed by atoms with Gasteiger partial charge in [0.05, 0.1) is 11.3 Å². The molecule has 124 valence electrons. The van der Waals surface area contributed by atoms with Gasteiger partial charge in [-0.15, -0.1) is 11.3 Å². The summed E-state index contributed by atoms with van der Waals surface area (Å²) >= 11 is 2.77. The zero-order chi connectivity index (χ0) is 16.4. The van der Waals surface area contributed by atoms with Crippen LogP contribution in [-0.2, 0) is 11.8 Å².